The Hall–Kier alpha value is -3.22. The van der Waals surface area contributed by atoms with E-state index in [9.17, 15) is 15.0 Å². The van der Waals surface area contributed by atoms with Crippen molar-refractivity contribution in [1.29, 1.82) is 0 Å². The Balaban J connectivity index is 0.000000166. The lowest BCUT2D eigenvalue weighted by molar-refractivity contribution is -0.117. The van der Waals surface area contributed by atoms with Crippen molar-refractivity contribution in [3.63, 3.8) is 0 Å². The third-order valence-corrected chi connectivity index (χ3v) is 5.56. The van der Waals surface area contributed by atoms with Crippen LogP contribution in [0.1, 0.15) is 61.5 Å². The molecule has 0 aliphatic heterocycles. The lowest BCUT2D eigenvalue weighted by Gasteiger charge is -2.10. The Kier molecular flexibility index (Phi) is 6.26. The molecule has 2 aliphatic rings. The van der Waals surface area contributed by atoms with Gasteiger partial charge in [-0.2, -0.15) is 0 Å². The zero-order valence-electron chi connectivity index (χ0n) is 16.0. The molecule has 2 atom stereocenters. The van der Waals surface area contributed by atoms with Crippen LogP contribution in [0.3, 0.4) is 0 Å². The molecule has 2 unspecified atom stereocenters. The predicted molar refractivity (Wildman–Crippen MR) is 107 cm³/mol. The molecule has 0 heterocycles. The fourth-order valence-corrected chi connectivity index (χ4v) is 4.02. The molecule has 0 spiro atoms. The Morgan fingerprint density at radius 1 is 0.759 bits per heavy atom. The van der Waals surface area contributed by atoms with Crippen molar-refractivity contribution < 1.29 is 30.4 Å². The van der Waals surface area contributed by atoms with E-state index in [1.807, 2.05) is 0 Å². The number of carbonyl (C=O) groups is 1. The Bertz CT molecular complexity index is 924. The van der Waals surface area contributed by atoms with E-state index in [1.54, 1.807) is 18.2 Å². The number of benzene rings is 2. The number of carbonyl (C=O) groups excluding carboxylic acids is 1. The van der Waals surface area contributed by atoms with E-state index in [-0.39, 0.29) is 40.6 Å². The average molecular weight is 399 g/mol. The molecule has 7 nitrogen and oxygen atoms in total. The number of rotatable bonds is 2. The largest absolute Gasteiger partial charge is 0.508 e. The molecule has 2 fully saturated rings. The van der Waals surface area contributed by atoms with Crippen LogP contribution >= 0.6 is 0 Å². The summed E-state index contributed by atoms with van der Waals surface area (Å²) in [6, 6.07) is 9.16. The standard InChI is InChI=1S/C11H13NO3.C11H12O3/c13-9-3-4-10(11(14)6-9)7-1-2-8(5-7)12-15;12-8-2-1-7(5-8)10-4-3-9(13)6-11(10)14/h3-4,6-7,13-15H,1-2,5H2;3-4,6-7,13-14H,1-2,5H2. The molecule has 2 aromatic rings. The molecule has 29 heavy (non-hydrogen) atoms. The van der Waals surface area contributed by atoms with Crippen LogP contribution in [0, 0.1) is 0 Å². The number of hydrogen-bond acceptors (Lipinski definition) is 7. The minimum Gasteiger partial charge on any atom is -0.508 e. The molecule has 0 amide bonds. The molecular formula is C22H25NO6. The van der Waals surface area contributed by atoms with Gasteiger partial charge in [-0.1, -0.05) is 17.3 Å². The molecule has 154 valence electrons. The van der Waals surface area contributed by atoms with Crippen molar-refractivity contribution in [2.45, 2.75) is 50.4 Å². The number of phenolic OH excluding ortho intramolecular Hbond substituents is 4. The van der Waals surface area contributed by atoms with Gasteiger partial charge < -0.3 is 25.6 Å². The molecular weight excluding hydrogens is 374 g/mol. The summed E-state index contributed by atoms with van der Waals surface area (Å²) in [6.45, 7) is 0. The van der Waals surface area contributed by atoms with E-state index in [4.69, 9.17) is 15.4 Å². The fraction of sp³-hybridized carbons (Fsp3) is 0.364. The second kappa shape index (κ2) is 8.86. The molecule has 2 aromatic carbocycles. The van der Waals surface area contributed by atoms with Gasteiger partial charge in [0.25, 0.3) is 0 Å². The average Bonchev–Trinajstić information content (AvgIpc) is 3.31. The molecule has 2 saturated carbocycles. The molecule has 5 N–H and O–H groups in total. The monoisotopic (exact) mass is 399 g/mol. The second-order valence-electron chi connectivity index (χ2n) is 7.57. The SMILES string of the molecule is O=C1CCC(c2ccc(O)cc2O)C1.ON=C1CCC(c2ccc(O)cc2O)C1. The van der Waals surface area contributed by atoms with Crippen molar-refractivity contribution in [1.82, 2.24) is 0 Å². The quantitative estimate of drug-likeness (QED) is 0.381. The molecule has 0 saturated heterocycles. The van der Waals surface area contributed by atoms with Crippen LogP contribution in [0.4, 0.5) is 0 Å². The highest BCUT2D eigenvalue weighted by Crippen LogP contribution is 2.39. The smallest absolute Gasteiger partial charge is 0.133 e. The topological polar surface area (TPSA) is 131 Å². The summed E-state index contributed by atoms with van der Waals surface area (Å²) in [5.74, 6) is 0.881. The number of aromatic hydroxyl groups is 4. The third-order valence-electron chi connectivity index (χ3n) is 5.56. The van der Waals surface area contributed by atoms with Gasteiger partial charge in [0.1, 0.15) is 28.8 Å². The van der Waals surface area contributed by atoms with E-state index in [1.165, 1.54) is 18.2 Å². The van der Waals surface area contributed by atoms with Crippen molar-refractivity contribution in [2.75, 3.05) is 0 Å². The molecule has 4 rings (SSSR count). The molecule has 0 bridgehead atoms. The summed E-state index contributed by atoms with van der Waals surface area (Å²) < 4.78 is 0. The van der Waals surface area contributed by atoms with Crippen LogP contribution < -0.4 is 0 Å². The van der Waals surface area contributed by atoms with Crippen LogP contribution in [0.15, 0.2) is 41.6 Å². The minimum atomic E-state index is 0.0515. The van der Waals surface area contributed by atoms with Crippen LogP contribution in [-0.4, -0.2) is 37.1 Å². The fourth-order valence-electron chi connectivity index (χ4n) is 4.02. The number of ketones is 1. The summed E-state index contributed by atoms with van der Waals surface area (Å²) in [4.78, 5) is 11.1. The van der Waals surface area contributed by atoms with Gasteiger partial charge in [0, 0.05) is 25.0 Å². The van der Waals surface area contributed by atoms with Crippen LogP contribution in [0.5, 0.6) is 23.0 Å². The first-order valence-corrected chi connectivity index (χ1v) is 9.62. The highest BCUT2D eigenvalue weighted by molar-refractivity contribution is 5.87. The third kappa shape index (κ3) is 4.99. The van der Waals surface area contributed by atoms with Crippen LogP contribution in [0.2, 0.25) is 0 Å². The highest BCUT2D eigenvalue weighted by Gasteiger charge is 2.26. The molecule has 0 radical (unpaired) electrons. The summed E-state index contributed by atoms with van der Waals surface area (Å²) in [5, 5.41) is 49.3. The van der Waals surface area contributed by atoms with Gasteiger partial charge in [0.2, 0.25) is 0 Å². The molecule has 2 aliphatic carbocycles. The minimum absolute atomic E-state index is 0.0515. The van der Waals surface area contributed by atoms with Crippen molar-refractivity contribution in [3.8, 4) is 23.0 Å². The lowest BCUT2D eigenvalue weighted by Crippen LogP contribution is -1.95. The van der Waals surface area contributed by atoms with Crippen molar-refractivity contribution in [2.24, 2.45) is 5.16 Å². The Morgan fingerprint density at radius 3 is 1.69 bits per heavy atom. The number of nitrogens with zero attached hydrogens (tertiary/aromatic N) is 1. The summed E-state index contributed by atoms with van der Waals surface area (Å²) in [7, 11) is 0. The van der Waals surface area contributed by atoms with Gasteiger partial charge in [-0.3, -0.25) is 4.79 Å². The maximum Gasteiger partial charge on any atom is 0.133 e. The zero-order chi connectivity index (χ0) is 21.0. The number of hydrogen-bond donors (Lipinski definition) is 5. The zero-order valence-corrected chi connectivity index (χ0v) is 16.0. The van der Waals surface area contributed by atoms with Gasteiger partial charge in [-0.15, -0.1) is 0 Å². The van der Waals surface area contributed by atoms with Crippen molar-refractivity contribution in [3.05, 3.63) is 47.5 Å². The summed E-state index contributed by atoms with van der Waals surface area (Å²) >= 11 is 0. The van der Waals surface area contributed by atoms with Gasteiger partial charge >= 0.3 is 0 Å². The number of oxime groups is 1. The van der Waals surface area contributed by atoms with Crippen LogP contribution in [-0.2, 0) is 4.79 Å². The predicted octanol–water partition coefficient (Wildman–Crippen LogP) is 4.13. The molecule has 0 aromatic heterocycles. The summed E-state index contributed by atoms with van der Waals surface area (Å²) in [6.07, 6.45) is 4.23. The number of phenols is 4. The Morgan fingerprint density at radius 2 is 1.28 bits per heavy atom. The van der Waals surface area contributed by atoms with Gasteiger partial charge in [-0.25, -0.2) is 0 Å². The molecule has 7 heteroatoms. The lowest BCUT2D eigenvalue weighted by atomic mass is 9.96. The first-order chi connectivity index (χ1) is 13.9. The van der Waals surface area contributed by atoms with E-state index in [2.05, 4.69) is 5.16 Å². The van der Waals surface area contributed by atoms with Gasteiger partial charge in [0.05, 0.1) is 5.71 Å². The van der Waals surface area contributed by atoms with E-state index < -0.39 is 0 Å². The second-order valence-corrected chi connectivity index (χ2v) is 7.57. The van der Waals surface area contributed by atoms with E-state index >= 15 is 0 Å². The summed E-state index contributed by atoms with van der Waals surface area (Å²) in [5.41, 5.74) is 2.35. The maximum atomic E-state index is 11.1. The van der Waals surface area contributed by atoms with E-state index in [0.29, 0.717) is 19.3 Å². The van der Waals surface area contributed by atoms with E-state index in [0.717, 1.165) is 36.1 Å². The maximum absolute atomic E-state index is 11.1. The van der Waals surface area contributed by atoms with Crippen LogP contribution in [0.25, 0.3) is 0 Å². The normalized spacial score (nSPS) is 22.5. The highest BCUT2D eigenvalue weighted by atomic mass is 16.4. The van der Waals surface area contributed by atoms with Crippen molar-refractivity contribution >= 4 is 11.5 Å². The van der Waals surface area contributed by atoms with Gasteiger partial charge in [0.15, 0.2) is 0 Å². The number of Topliss-reactive ketones (excluding diaryl/α,β-unsaturated/α-hetero) is 1. The van der Waals surface area contributed by atoms with Gasteiger partial charge in [-0.05, 0) is 60.8 Å². The first kappa shape index (κ1) is 20.5. The Labute approximate surface area is 168 Å². The first-order valence-electron chi connectivity index (χ1n) is 9.62.